The molecule has 0 radical (unpaired) electrons. The molecule has 0 aromatic heterocycles. The second kappa shape index (κ2) is 7.04. The summed E-state index contributed by atoms with van der Waals surface area (Å²) in [4.78, 5) is 10.1. The summed E-state index contributed by atoms with van der Waals surface area (Å²) in [6.07, 6.45) is 4.69. The highest BCUT2D eigenvalue weighted by atomic mass is 16.5. The second-order valence-corrected chi connectivity index (χ2v) is 3.68. The van der Waals surface area contributed by atoms with Crippen molar-refractivity contribution in [1.29, 1.82) is 0 Å². The number of unbranched alkanes of at least 4 members (excludes halogenated alkanes) is 3. The van der Waals surface area contributed by atoms with Gasteiger partial charge in [-0.1, -0.05) is 12.1 Å². The van der Waals surface area contributed by atoms with E-state index >= 15 is 0 Å². The van der Waals surface area contributed by atoms with Gasteiger partial charge in [0.1, 0.15) is 12.0 Å². The molecule has 0 spiro atoms. The molecule has 2 heteroatoms. The van der Waals surface area contributed by atoms with E-state index in [0.717, 1.165) is 37.9 Å². The summed E-state index contributed by atoms with van der Waals surface area (Å²) in [7, 11) is 0. The lowest BCUT2D eigenvalue weighted by molar-refractivity contribution is -0.107. The molecule has 1 aromatic rings. The van der Waals surface area contributed by atoms with Crippen molar-refractivity contribution in [2.75, 3.05) is 6.61 Å². The SMILES string of the molecule is Cc1cccc(OCCCCCC=O)c1. The number of hydrogen-bond donors (Lipinski definition) is 0. The summed E-state index contributed by atoms with van der Waals surface area (Å²) in [5.41, 5.74) is 1.22. The fourth-order valence-corrected chi connectivity index (χ4v) is 1.40. The van der Waals surface area contributed by atoms with Gasteiger partial charge in [0, 0.05) is 6.42 Å². The Morgan fingerprint density at radius 1 is 1.27 bits per heavy atom. The first-order chi connectivity index (χ1) is 7.33. The van der Waals surface area contributed by atoms with Gasteiger partial charge in [0.2, 0.25) is 0 Å². The fourth-order valence-electron chi connectivity index (χ4n) is 1.40. The monoisotopic (exact) mass is 206 g/mol. The van der Waals surface area contributed by atoms with Crippen LogP contribution in [0.5, 0.6) is 5.75 Å². The highest BCUT2D eigenvalue weighted by Crippen LogP contribution is 2.12. The minimum Gasteiger partial charge on any atom is -0.494 e. The van der Waals surface area contributed by atoms with Crippen LogP contribution in [0.3, 0.4) is 0 Å². The molecule has 0 saturated carbocycles. The van der Waals surface area contributed by atoms with Crippen molar-refractivity contribution in [3.05, 3.63) is 29.8 Å². The first-order valence-electron chi connectivity index (χ1n) is 5.46. The molecule has 0 aliphatic carbocycles. The van der Waals surface area contributed by atoms with Crippen LogP contribution in [-0.2, 0) is 4.79 Å². The Morgan fingerprint density at radius 3 is 2.87 bits per heavy atom. The van der Waals surface area contributed by atoms with Crippen LogP contribution in [-0.4, -0.2) is 12.9 Å². The van der Waals surface area contributed by atoms with Gasteiger partial charge in [-0.3, -0.25) is 0 Å². The number of benzene rings is 1. The van der Waals surface area contributed by atoms with Gasteiger partial charge in [0.25, 0.3) is 0 Å². The summed E-state index contributed by atoms with van der Waals surface area (Å²) in [5, 5.41) is 0. The third kappa shape index (κ3) is 5.21. The van der Waals surface area contributed by atoms with Crippen molar-refractivity contribution in [3.63, 3.8) is 0 Å². The van der Waals surface area contributed by atoms with Gasteiger partial charge in [-0.25, -0.2) is 0 Å². The Balaban J connectivity index is 2.12. The van der Waals surface area contributed by atoms with Gasteiger partial charge in [-0.2, -0.15) is 0 Å². The van der Waals surface area contributed by atoms with Gasteiger partial charge < -0.3 is 9.53 Å². The molecule has 0 bridgehead atoms. The molecule has 0 heterocycles. The van der Waals surface area contributed by atoms with Crippen LogP contribution in [0.15, 0.2) is 24.3 Å². The Morgan fingerprint density at radius 2 is 2.13 bits per heavy atom. The molecule has 0 saturated heterocycles. The maximum absolute atomic E-state index is 10.1. The molecule has 0 atom stereocenters. The second-order valence-electron chi connectivity index (χ2n) is 3.68. The molecule has 1 aromatic carbocycles. The Labute approximate surface area is 91.3 Å². The number of hydrogen-bond acceptors (Lipinski definition) is 2. The van der Waals surface area contributed by atoms with Crippen molar-refractivity contribution >= 4 is 6.29 Å². The molecule has 2 nitrogen and oxygen atoms in total. The van der Waals surface area contributed by atoms with E-state index in [2.05, 4.69) is 13.0 Å². The summed E-state index contributed by atoms with van der Waals surface area (Å²) >= 11 is 0. The van der Waals surface area contributed by atoms with Crippen molar-refractivity contribution in [2.45, 2.75) is 32.6 Å². The van der Waals surface area contributed by atoms with E-state index in [9.17, 15) is 4.79 Å². The van der Waals surface area contributed by atoms with Gasteiger partial charge in [0.05, 0.1) is 6.61 Å². The van der Waals surface area contributed by atoms with E-state index in [1.54, 1.807) is 0 Å². The van der Waals surface area contributed by atoms with Crippen molar-refractivity contribution < 1.29 is 9.53 Å². The van der Waals surface area contributed by atoms with Crippen LogP contribution in [0.4, 0.5) is 0 Å². The smallest absolute Gasteiger partial charge is 0.119 e. The van der Waals surface area contributed by atoms with Crippen LogP contribution in [0.1, 0.15) is 31.2 Å². The zero-order valence-corrected chi connectivity index (χ0v) is 9.24. The molecule has 0 amide bonds. The highest BCUT2D eigenvalue weighted by Gasteiger charge is 1.94. The van der Waals surface area contributed by atoms with Crippen molar-refractivity contribution in [2.24, 2.45) is 0 Å². The molecular formula is C13H18O2. The average Bonchev–Trinajstić information content (AvgIpc) is 2.23. The molecular weight excluding hydrogens is 188 g/mol. The zero-order chi connectivity index (χ0) is 10.9. The number of carbonyl (C=O) groups is 1. The predicted octanol–water partition coefficient (Wildman–Crippen LogP) is 3.13. The summed E-state index contributed by atoms with van der Waals surface area (Å²) in [6.45, 7) is 2.79. The average molecular weight is 206 g/mol. The van der Waals surface area contributed by atoms with Gasteiger partial charge in [-0.05, 0) is 43.9 Å². The van der Waals surface area contributed by atoms with Crippen LogP contribution >= 0.6 is 0 Å². The van der Waals surface area contributed by atoms with Crippen LogP contribution in [0, 0.1) is 6.92 Å². The summed E-state index contributed by atoms with van der Waals surface area (Å²) < 4.78 is 5.58. The topological polar surface area (TPSA) is 26.3 Å². The van der Waals surface area contributed by atoms with E-state index in [-0.39, 0.29) is 0 Å². The fraction of sp³-hybridized carbons (Fsp3) is 0.462. The van der Waals surface area contributed by atoms with E-state index in [1.165, 1.54) is 5.56 Å². The lowest BCUT2D eigenvalue weighted by Gasteiger charge is -2.05. The van der Waals surface area contributed by atoms with Crippen LogP contribution in [0.25, 0.3) is 0 Å². The Hall–Kier alpha value is -1.31. The molecule has 15 heavy (non-hydrogen) atoms. The van der Waals surface area contributed by atoms with E-state index in [1.807, 2.05) is 18.2 Å². The maximum Gasteiger partial charge on any atom is 0.119 e. The molecule has 1 rings (SSSR count). The van der Waals surface area contributed by atoms with Gasteiger partial charge >= 0.3 is 0 Å². The summed E-state index contributed by atoms with van der Waals surface area (Å²) in [6, 6.07) is 8.05. The van der Waals surface area contributed by atoms with E-state index < -0.39 is 0 Å². The standard InChI is InChI=1S/C13H18O2/c1-12-7-6-8-13(11-12)15-10-5-3-2-4-9-14/h6-9,11H,2-5,10H2,1H3. The number of ether oxygens (including phenoxy) is 1. The maximum atomic E-state index is 10.1. The Kier molecular flexibility index (Phi) is 5.52. The number of aldehydes is 1. The number of rotatable bonds is 7. The minimum atomic E-state index is 0.671. The van der Waals surface area contributed by atoms with Crippen LogP contribution < -0.4 is 4.74 Å². The first-order valence-corrected chi connectivity index (χ1v) is 5.46. The third-order valence-corrected chi connectivity index (χ3v) is 2.22. The largest absolute Gasteiger partial charge is 0.494 e. The quantitative estimate of drug-likeness (QED) is 0.506. The number of carbonyl (C=O) groups excluding carboxylic acids is 1. The molecule has 0 unspecified atom stereocenters. The lowest BCUT2D eigenvalue weighted by atomic mass is 10.2. The molecule has 0 N–H and O–H groups in total. The molecule has 0 aliphatic heterocycles. The minimum absolute atomic E-state index is 0.671. The van der Waals surface area contributed by atoms with Crippen LogP contribution in [0.2, 0.25) is 0 Å². The highest BCUT2D eigenvalue weighted by molar-refractivity contribution is 5.48. The number of aryl methyl sites for hydroxylation is 1. The Bertz CT molecular complexity index is 294. The van der Waals surface area contributed by atoms with Crippen molar-refractivity contribution in [1.82, 2.24) is 0 Å². The lowest BCUT2D eigenvalue weighted by Crippen LogP contribution is -1.97. The van der Waals surface area contributed by atoms with Crippen molar-refractivity contribution in [3.8, 4) is 5.75 Å². The van der Waals surface area contributed by atoms with Gasteiger partial charge in [-0.15, -0.1) is 0 Å². The molecule has 0 aliphatic rings. The summed E-state index contributed by atoms with van der Waals surface area (Å²) in [5.74, 6) is 0.936. The van der Waals surface area contributed by atoms with Gasteiger partial charge in [0.15, 0.2) is 0 Å². The molecule has 0 fully saturated rings. The molecule has 82 valence electrons. The normalized spacial score (nSPS) is 9.93. The first kappa shape index (κ1) is 11.8. The van der Waals surface area contributed by atoms with E-state index in [0.29, 0.717) is 6.42 Å². The van der Waals surface area contributed by atoms with E-state index in [4.69, 9.17) is 4.74 Å². The zero-order valence-electron chi connectivity index (χ0n) is 9.24. The third-order valence-electron chi connectivity index (χ3n) is 2.22. The predicted molar refractivity (Wildman–Crippen MR) is 61.2 cm³/mol.